The van der Waals surface area contributed by atoms with E-state index in [4.69, 9.17) is 27.9 Å². The fourth-order valence-corrected chi connectivity index (χ4v) is 4.79. The molecule has 166 valence electrons. The number of likely N-dealkylation sites (tertiary alicyclic amines) is 1. The van der Waals surface area contributed by atoms with Gasteiger partial charge in [0.05, 0.1) is 22.3 Å². The molecule has 2 aromatic rings. The highest BCUT2D eigenvalue weighted by molar-refractivity contribution is 6.43. The van der Waals surface area contributed by atoms with E-state index in [-0.39, 0.29) is 5.91 Å². The molecule has 0 bridgehead atoms. The zero-order chi connectivity index (χ0) is 21.8. The number of anilines is 2. The molecule has 1 amide bonds. The molecule has 2 aliphatic rings. The van der Waals surface area contributed by atoms with E-state index in [0.717, 1.165) is 62.4 Å². The molecule has 1 atom stereocenters. The molecule has 2 heterocycles. The average Bonchev–Trinajstić information content (AvgIpc) is 3.23. The van der Waals surface area contributed by atoms with Crippen LogP contribution in [0.3, 0.4) is 0 Å². The lowest BCUT2D eigenvalue weighted by molar-refractivity contribution is -0.116. The predicted octanol–water partition coefficient (Wildman–Crippen LogP) is 5.25. The van der Waals surface area contributed by atoms with Crippen molar-refractivity contribution in [3.05, 3.63) is 52.0 Å². The first-order chi connectivity index (χ1) is 15.0. The highest BCUT2D eigenvalue weighted by Crippen LogP contribution is 2.34. The van der Waals surface area contributed by atoms with Gasteiger partial charge in [-0.2, -0.15) is 0 Å². The van der Waals surface area contributed by atoms with Gasteiger partial charge in [-0.15, -0.1) is 0 Å². The SMILES string of the molecule is CN(c1cccc(Cl)c1Cl)[C@@H]1CCN(CCCCOc2ccc3c(c2)NC(=O)CC3)C1. The summed E-state index contributed by atoms with van der Waals surface area (Å²) in [6.45, 7) is 3.88. The summed E-state index contributed by atoms with van der Waals surface area (Å²) in [5.41, 5.74) is 3.07. The fourth-order valence-electron chi connectivity index (χ4n) is 4.36. The number of nitrogens with one attached hydrogen (secondary N) is 1. The molecule has 7 heteroatoms. The minimum Gasteiger partial charge on any atom is -0.494 e. The molecule has 5 nitrogen and oxygen atoms in total. The maximum atomic E-state index is 11.6. The maximum Gasteiger partial charge on any atom is 0.224 e. The van der Waals surface area contributed by atoms with Gasteiger partial charge in [-0.1, -0.05) is 35.3 Å². The fraction of sp³-hybridized carbons (Fsp3) is 0.458. The van der Waals surface area contributed by atoms with Crippen LogP contribution in [0.5, 0.6) is 5.75 Å². The second-order valence-electron chi connectivity index (χ2n) is 8.35. The van der Waals surface area contributed by atoms with Crippen LogP contribution in [-0.4, -0.2) is 50.1 Å². The third-order valence-corrected chi connectivity index (χ3v) is 7.03. The minimum atomic E-state index is 0.0804. The quantitative estimate of drug-likeness (QED) is 0.545. The first-order valence-electron chi connectivity index (χ1n) is 11.0. The van der Waals surface area contributed by atoms with Crippen molar-refractivity contribution in [2.45, 2.75) is 38.1 Å². The number of aryl methyl sites for hydroxylation is 1. The van der Waals surface area contributed by atoms with Crippen molar-refractivity contribution in [3.8, 4) is 5.75 Å². The van der Waals surface area contributed by atoms with Gasteiger partial charge in [0.25, 0.3) is 0 Å². The molecular formula is C24H29Cl2N3O2. The topological polar surface area (TPSA) is 44.8 Å². The van der Waals surface area contributed by atoms with Crippen molar-refractivity contribution in [2.75, 3.05) is 43.5 Å². The maximum absolute atomic E-state index is 11.6. The number of fused-ring (bicyclic) bond motifs is 1. The third-order valence-electron chi connectivity index (χ3n) is 6.22. The molecule has 2 aliphatic heterocycles. The summed E-state index contributed by atoms with van der Waals surface area (Å²) in [5, 5.41) is 4.15. The van der Waals surface area contributed by atoms with Crippen molar-refractivity contribution < 1.29 is 9.53 Å². The van der Waals surface area contributed by atoms with Crippen molar-refractivity contribution in [3.63, 3.8) is 0 Å². The van der Waals surface area contributed by atoms with E-state index < -0.39 is 0 Å². The van der Waals surface area contributed by atoms with Gasteiger partial charge < -0.3 is 19.9 Å². The smallest absolute Gasteiger partial charge is 0.224 e. The zero-order valence-corrected chi connectivity index (χ0v) is 19.4. The Kier molecular flexibility index (Phi) is 7.26. The van der Waals surface area contributed by atoms with Crippen LogP contribution in [0, 0.1) is 0 Å². The Morgan fingerprint density at radius 3 is 2.94 bits per heavy atom. The summed E-state index contributed by atoms with van der Waals surface area (Å²) < 4.78 is 5.91. The van der Waals surface area contributed by atoms with E-state index in [2.05, 4.69) is 28.2 Å². The molecule has 31 heavy (non-hydrogen) atoms. The van der Waals surface area contributed by atoms with Crippen molar-refractivity contribution in [1.29, 1.82) is 0 Å². The number of carbonyl (C=O) groups excluding carboxylic acids is 1. The number of benzene rings is 2. The summed E-state index contributed by atoms with van der Waals surface area (Å²) in [6.07, 6.45) is 4.58. The monoisotopic (exact) mass is 461 g/mol. The molecule has 1 fully saturated rings. The highest BCUT2D eigenvalue weighted by atomic mass is 35.5. The number of rotatable bonds is 8. The number of carbonyl (C=O) groups is 1. The van der Waals surface area contributed by atoms with Crippen LogP contribution in [0.15, 0.2) is 36.4 Å². The van der Waals surface area contributed by atoms with E-state index in [1.807, 2.05) is 30.3 Å². The van der Waals surface area contributed by atoms with Gasteiger partial charge >= 0.3 is 0 Å². The molecule has 0 aromatic heterocycles. The van der Waals surface area contributed by atoms with Crippen LogP contribution < -0.4 is 15.0 Å². The lowest BCUT2D eigenvalue weighted by Crippen LogP contribution is -2.35. The summed E-state index contributed by atoms with van der Waals surface area (Å²) in [4.78, 5) is 16.3. The molecule has 0 unspecified atom stereocenters. The van der Waals surface area contributed by atoms with Gasteiger partial charge in [-0.3, -0.25) is 4.79 Å². The van der Waals surface area contributed by atoms with Gasteiger partial charge in [0.15, 0.2) is 0 Å². The lowest BCUT2D eigenvalue weighted by Gasteiger charge is -2.28. The van der Waals surface area contributed by atoms with Gasteiger partial charge in [0.2, 0.25) is 5.91 Å². The molecule has 1 saturated heterocycles. The van der Waals surface area contributed by atoms with Crippen LogP contribution in [0.1, 0.15) is 31.2 Å². The van der Waals surface area contributed by atoms with Crippen molar-refractivity contribution in [1.82, 2.24) is 4.90 Å². The largest absolute Gasteiger partial charge is 0.494 e. The van der Waals surface area contributed by atoms with Crippen LogP contribution in [0.25, 0.3) is 0 Å². The van der Waals surface area contributed by atoms with Crippen LogP contribution >= 0.6 is 23.2 Å². The number of amides is 1. The second kappa shape index (κ2) is 10.1. The average molecular weight is 462 g/mol. The molecular weight excluding hydrogens is 433 g/mol. The second-order valence-corrected chi connectivity index (χ2v) is 9.13. The molecule has 0 spiro atoms. The van der Waals surface area contributed by atoms with E-state index in [9.17, 15) is 4.79 Å². The predicted molar refractivity (Wildman–Crippen MR) is 128 cm³/mol. The number of ether oxygens (including phenoxy) is 1. The van der Waals surface area contributed by atoms with E-state index in [0.29, 0.717) is 29.1 Å². The van der Waals surface area contributed by atoms with E-state index >= 15 is 0 Å². The van der Waals surface area contributed by atoms with Crippen LogP contribution in [-0.2, 0) is 11.2 Å². The summed E-state index contributed by atoms with van der Waals surface area (Å²) in [5.74, 6) is 0.902. The number of nitrogens with zero attached hydrogens (tertiary/aromatic N) is 2. The number of hydrogen-bond acceptors (Lipinski definition) is 4. The normalized spacial score (nSPS) is 18.5. The molecule has 1 N–H and O–H groups in total. The Morgan fingerprint density at radius 2 is 2.06 bits per heavy atom. The number of unbranched alkanes of at least 4 members (excludes halogenated alkanes) is 1. The van der Waals surface area contributed by atoms with E-state index in [1.54, 1.807) is 0 Å². The molecule has 0 radical (unpaired) electrons. The first-order valence-corrected chi connectivity index (χ1v) is 11.7. The minimum absolute atomic E-state index is 0.0804. The summed E-state index contributed by atoms with van der Waals surface area (Å²) in [6, 6.07) is 12.2. The number of halogens is 2. The Labute approximate surface area is 194 Å². The van der Waals surface area contributed by atoms with Crippen molar-refractivity contribution >= 4 is 40.5 Å². The van der Waals surface area contributed by atoms with Gasteiger partial charge in [0, 0.05) is 44.4 Å². The Hall–Kier alpha value is -1.95. The van der Waals surface area contributed by atoms with Crippen LogP contribution in [0.4, 0.5) is 11.4 Å². The van der Waals surface area contributed by atoms with Gasteiger partial charge in [-0.05, 0) is 56.0 Å². The first kappa shape index (κ1) is 22.3. The Balaban J connectivity index is 1.18. The standard InChI is InChI=1S/C24H29Cl2N3O2/c1-28(22-6-4-5-20(25)24(22)26)18-11-13-29(16-18)12-2-3-14-31-19-9-7-17-8-10-23(30)27-21(17)15-19/h4-7,9,15,18H,2-3,8,10-14,16H2,1H3,(H,27,30)/t18-/m1/s1. The van der Waals surface area contributed by atoms with Gasteiger partial charge in [-0.25, -0.2) is 0 Å². The summed E-state index contributed by atoms with van der Waals surface area (Å²) in [7, 11) is 2.10. The lowest BCUT2D eigenvalue weighted by atomic mass is 10.0. The Morgan fingerprint density at radius 1 is 1.19 bits per heavy atom. The molecule has 0 aliphatic carbocycles. The molecule has 4 rings (SSSR count). The molecule has 2 aromatic carbocycles. The summed E-state index contributed by atoms with van der Waals surface area (Å²) >= 11 is 12.6. The van der Waals surface area contributed by atoms with Crippen molar-refractivity contribution in [2.24, 2.45) is 0 Å². The molecule has 0 saturated carbocycles. The van der Waals surface area contributed by atoms with E-state index in [1.165, 1.54) is 5.56 Å². The Bertz CT molecular complexity index is 937. The number of hydrogen-bond donors (Lipinski definition) is 1. The number of likely N-dealkylation sites (N-methyl/N-ethyl adjacent to an activating group) is 1. The van der Waals surface area contributed by atoms with Crippen LogP contribution in [0.2, 0.25) is 10.0 Å². The highest BCUT2D eigenvalue weighted by Gasteiger charge is 2.26. The zero-order valence-electron chi connectivity index (χ0n) is 17.9. The third kappa shape index (κ3) is 5.46. The van der Waals surface area contributed by atoms with Gasteiger partial charge in [0.1, 0.15) is 5.75 Å².